The van der Waals surface area contributed by atoms with Gasteiger partial charge in [0, 0.05) is 13.5 Å². The number of nitrogens with zero attached hydrogens (tertiary/aromatic N) is 1. The van der Waals surface area contributed by atoms with Crippen molar-refractivity contribution in [1.29, 1.82) is 0 Å². The van der Waals surface area contributed by atoms with Crippen LogP contribution in [0.5, 0.6) is 0 Å². The van der Waals surface area contributed by atoms with E-state index in [1.165, 1.54) is 12.8 Å². The molecule has 1 aromatic rings. The molecule has 0 aliphatic carbocycles. The zero-order valence-corrected chi connectivity index (χ0v) is 13.1. The Labute approximate surface area is 127 Å². The Balaban J connectivity index is 0.00000200. The largest absolute Gasteiger partial charge is 0.467 e. The first-order chi connectivity index (χ1) is 9.16. The number of carbonyl (C=O) groups excluding carboxylic acids is 1. The molecule has 0 bridgehead atoms. The molecule has 0 spiro atoms. The lowest BCUT2D eigenvalue weighted by Crippen LogP contribution is -2.34. The van der Waals surface area contributed by atoms with Crippen LogP contribution in [0.2, 0.25) is 0 Å². The molecule has 1 unspecified atom stereocenters. The van der Waals surface area contributed by atoms with Crippen LogP contribution in [-0.4, -0.2) is 30.9 Å². The molecule has 0 aromatic carbocycles. The lowest BCUT2D eigenvalue weighted by Gasteiger charge is -2.29. The van der Waals surface area contributed by atoms with E-state index >= 15 is 0 Å². The molecule has 1 aromatic heterocycles. The van der Waals surface area contributed by atoms with Gasteiger partial charge in [0.15, 0.2) is 0 Å². The van der Waals surface area contributed by atoms with E-state index in [1.54, 1.807) is 11.2 Å². The van der Waals surface area contributed by atoms with Crippen molar-refractivity contribution in [2.75, 3.05) is 20.1 Å². The van der Waals surface area contributed by atoms with Gasteiger partial charge in [-0.2, -0.15) is 0 Å². The fourth-order valence-electron chi connectivity index (χ4n) is 2.74. The van der Waals surface area contributed by atoms with Crippen molar-refractivity contribution in [3.05, 3.63) is 24.2 Å². The van der Waals surface area contributed by atoms with Gasteiger partial charge in [-0.05, 0) is 49.9 Å². The summed E-state index contributed by atoms with van der Waals surface area (Å²) in [5.74, 6) is 2.20. The number of amides is 1. The maximum atomic E-state index is 12.2. The summed E-state index contributed by atoms with van der Waals surface area (Å²) in [5.41, 5.74) is 0. The first kappa shape index (κ1) is 17.1. The van der Waals surface area contributed by atoms with Crippen LogP contribution in [0.25, 0.3) is 0 Å². The van der Waals surface area contributed by atoms with Crippen LogP contribution in [0.1, 0.15) is 31.9 Å². The molecule has 0 radical (unpaired) electrons. The molecule has 1 fully saturated rings. The van der Waals surface area contributed by atoms with E-state index in [1.807, 2.05) is 19.2 Å². The number of carbonyl (C=O) groups is 1. The molecule has 1 atom stereocenters. The van der Waals surface area contributed by atoms with Gasteiger partial charge in [0.2, 0.25) is 5.91 Å². The van der Waals surface area contributed by atoms with Gasteiger partial charge < -0.3 is 14.6 Å². The zero-order valence-electron chi connectivity index (χ0n) is 12.3. The molecule has 1 aliphatic rings. The second kappa shape index (κ2) is 8.32. The molecule has 114 valence electrons. The van der Waals surface area contributed by atoms with Crippen LogP contribution in [-0.2, 0) is 11.3 Å². The van der Waals surface area contributed by atoms with Gasteiger partial charge in [0.05, 0.1) is 12.8 Å². The number of nitrogens with one attached hydrogen (secondary N) is 1. The number of furan rings is 1. The average molecular weight is 301 g/mol. The molecule has 1 saturated heterocycles. The molecule has 1 N–H and O–H groups in total. The van der Waals surface area contributed by atoms with Gasteiger partial charge in [0.25, 0.3) is 0 Å². The summed E-state index contributed by atoms with van der Waals surface area (Å²) in [6.07, 6.45) is 4.67. The minimum absolute atomic E-state index is 0. The lowest BCUT2D eigenvalue weighted by atomic mass is 9.84. The third kappa shape index (κ3) is 4.84. The highest BCUT2D eigenvalue weighted by Crippen LogP contribution is 2.24. The van der Waals surface area contributed by atoms with Crippen LogP contribution in [0, 0.1) is 11.8 Å². The quantitative estimate of drug-likeness (QED) is 0.909. The fraction of sp³-hybridized carbons (Fsp3) is 0.667. The average Bonchev–Trinajstić information content (AvgIpc) is 2.92. The van der Waals surface area contributed by atoms with Crippen molar-refractivity contribution in [2.45, 2.75) is 32.7 Å². The number of halogens is 1. The normalized spacial score (nSPS) is 17.3. The van der Waals surface area contributed by atoms with Gasteiger partial charge in [0.1, 0.15) is 5.76 Å². The van der Waals surface area contributed by atoms with Crippen LogP contribution in [0.3, 0.4) is 0 Å². The van der Waals surface area contributed by atoms with Crippen LogP contribution in [0.15, 0.2) is 22.8 Å². The molecule has 5 heteroatoms. The SMILES string of the molecule is CC(CC(=O)N(C)Cc1ccco1)C1CCNCC1.Cl. The number of piperidine rings is 1. The van der Waals surface area contributed by atoms with Crippen molar-refractivity contribution in [1.82, 2.24) is 10.2 Å². The Morgan fingerprint density at radius 1 is 1.50 bits per heavy atom. The first-order valence-corrected chi connectivity index (χ1v) is 7.14. The molecular weight excluding hydrogens is 276 g/mol. The number of rotatable bonds is 5. The van der Waals surface area contributed by atoms with E-state index in [0.717, 1.165) is 18.8 Å². The molecule has 0 saturated carbocycles. The van der Waals surface area contributed by atoms with Crippen molar-refractivity contribution >= 4 is 18.3 Å². The Morgan fingerprint density at radius 2 is 2.20 bits per heavy atom. The second-order valence-corrected chi connectivity index (χ2v) is 5.60. The minimum Gasteiger partial charge on any atom is -0.467 e. The maximum absolute atomic E-state index is 12.2. The summed E-state index contributed by atoms with van der Waals surface area (Å²) in [7, 11) is 1.85. The van der Waals surface area contributed by atoms with E-state index in [2.05, 4.69) is 12.2 Å². The minimum atomic E-state index is 0. The fourth-order valence-corrected chi connectivity index (χ4v) is 2.74. The van der Waals surface area contributed by atoms with Gasteiger partial charge in [-0.15, -0.1) is 12.4 Å². The third-order valence-electron chi connectivity index (χ3n) is 4.08. The van der Waals surface area contributed by atoms with Crippen molar-refractivity contribution < 1.29 is 9.21 Å². The molecule has 4 nitrogen and oxygen atoms in total. The van der Waals surface area contributed by atoms with E-state index in [9.17, 15) is 4.79 Å². The van der Waals surface area contributed by atoms with E-state index < -0.39 is 0 Å². The molecule has 20 heavy (non-hydrogen) atoms. The van der Waals surface area contributed by atoms with Crippen LogP contribution >= 0.6 is 12.4 Å². The van der Waals surface area contributed by atoms with Gasteiger partial charge in [-0.1, -0.05) is 6.92 Å². The smallest absolute Gasteiger partial charge is 0.222 e. The van der Waals surface area contributed by atoms with Gasteiger partial charge >= 0.3 is 0 Å². The monoisotopic (exact) mass is 300 g/mol. The topological polar surface area (TPSA) is 45.5 Å². The molecule has 1 aliphatic heterocycles. The number of hydrogen-bond donors (Lipinski definition) is 1. The van der Waals surface area contributed by atoms with E-state index in [0.29, 0.717) is 24.8 Å². The van der Waals surface area contributed by atoms with E-state index in [-0.39, 0.29) is 18.3 Å². The second-order valence-electron chi connectivity index (χ2n) is 5.60. The third-order valence-corrected chi connectivity index (χ3v) is 4.08. The predicted octanol–water partition coefficient (Wildman–Crippen LogP) is 2.69. The highest BCUT2D eigenvalue weighted by atomic mass is 35.5. The number of hydrogen-bond acceptors (Lipinski definition) is 3. The van der Waals surface area contributed by atoms with Crippen molar-refractivity contribution in [3.8, 4) is 0 Å². The summed E-state index contributed by atoms with van der Waals surface area (Å²) in [6, 6.07) is 3.76. The summed E-state index contributed by atoms with van der Waals surface area (Å²) >= 11 is 0. The Hall–Kier alpha value is -1.00. The zero-order chi connectivity index (χ0) is 13.7. The molecule has 2 rings (SSSR count). The highest BCUT2D eigenvalue weighted by Gasteiger charge is 2.23. The highest BCUT2D eigenvalue weighted by molar-refractivity contribution is 5.85. The Morgan fingerprint density at radius 3 is 2.80 bits per heavy atom. The summed E-state index contributed by atoms with van der Waals surface area (Å²) < 4.78 is 5.27. The van der Waals surface area contributed by atoms with Crippen LogP contribution < -0.4 is 5.32 Å². The van der Waals surface area contributed by atoms with Gasteiger partial charge in [-0.25, -0.2) is 0 Å². The molecule has 1 amide bonds. The van der Waals surface area contributed by atoms with Crippen molar-refractivity contribution in [3.63, 3.8) is 0 Å². The summed E-state index contributed by atoms with van der Waals surface area (Å²) in [4.78, 5) is 14.0. The predicted molar refractivity (Wildman–Crippen MR) is 81.8 cm³/mol. The lowest BCUT2D eigenvalue weighted by molar-refractivity contribution is -0.132. The first-order valence-electron chi connectivity index (χ1n) is 7.14. The van der Waals surface area contributed by atoms with Crippen LogP contribution in [0.4, 0.5) is 0 Å². The Bertz CT molecular complexity index is 389. The standard InChI is InChI=1S/C15H24N2O2.ClH/c1-12(13-5-7-16-8-6-13)10-15(18)17(2)11-14-4-3-9-19-14;/h3-4,9,12-13,16H,5-8,10-11H2,1-2H3;1H. The van der Waals surface area contributed by atoms with Gasteiger partial charge in [-0.3, -0.25) is 4.79 Å². The maximum Gasteiger partial charge on any atom is 0.222 e. The van der Waals surface area contributed by atoms with E-state index in [4.69, 9.17) is 4.42 Å². The molecule has 2 heterocycles. The molecular formula is C15H25ClN2O2. The summed E-state index contributed by atoms with van der Waals surface area (Å²) in [5, 5.41) is 3.37. The summed E-state index contributed by atoms with van der Waals surface area (Å²) in [6.45, 7) is 4.94. The Kier molecular flexibility index (Phi) is 7.10. The van der Waals surface area contributed by atoms with Crippen molar-refractivity contribution in [2.24, 2.45) is 11.8 Å².